The van der Waals surface area contributed by atoms with Crippen molar-refractivity contribution >= 4 is 17.9 Å². The van der Waals surface area contributed by atoms with Crippen LogP contribution < -0.4 is 0 Å². The lowest BCUT2D eigenvalue weighted by atomic mass is 10.0. The molecule has 0 saturated carbocycles. The fourth-order valence-electron chi connectivity index (χ4n) is 8.80. The molecule has 75 heavy (non-hydrogen) atoms. The van der Waals surface area contributed by atoms with E-state index in [0.717, 1.165) is 89.9 Å². The highest BCUT2D eigenvalue weighted by Gasteiger charge is 2.19. The molecule has 430 valence electrons. The van der Waals surface area contributed by atoms with Crippen molar-refractivity contribution in [1.29, 1.82) is 0 Å². The maximum absolute atomic E-state index is 12.8. The van der Waals surface area contributed by atoms with Gasteiger partial charge in [-0.25, -0.2) is 0 Å². The van der Waals surface area contributed by atoms with Gasteiger partial charge in [-0.1, -0.05) is 279 Å². The van der Waals surface area contributed by atoms with Crippen LogP contribution >= 0.6 is 0 Å². The van der Waals surface area contributed by atoms with Gasteiger partial charge in [-0.15, -0.1) is 0 Å². The van der Waals surface area contributed by atoms with Crippen LogP contribution in [0.25, 0.3) is 0 Å². The highest BCUT2D eigenvalue weighted by atomic mass is 16.6. The van der Waals surface area contributed by atoms with E-state index >= 15 is 0 Å². The summed E-state index contributed by atoms with van der Waals surface area (Å²) in [6.45, 7) is 6.42. The molecule has 1 unspecified atom stereocenters. The van der Waals surface area contributed by atoms with Gasteiger partial charge in [0.05, 0.1) is 0 Å². The number of carbonyl (C=O) groups is 3. The van der Waals surface area contributed by atoms with Gasteiger partial charge in [-0.05, 0) is 103 Å². The Hall–Kier alpha value is -3.67. The molecule has 6 nitrogen and oxygen atoms in total. The highest BCUT2D eigenvalue weighted by molar-refractivity contribution is 5.71. The summed E-state index contributed by atoms with van der Waals surface area (Å²) in [5, 5.41) is 0. The van der Waals surface area contributed by atoms with Crippen molar-refractivity contribution in [3.8, 4) is 0 Å². The predicted molar refractivity (Wildman–Crippen MR) is 325 cm³/mol. The zero-order chi connectivity index (χ0) is 54.3. The van der Waals surface area contributed by atoms with Crippen molar-refractivity contribution in [2.45, 2.75) is 309 Å². The quantitative estimate of drug-likeness (QED) is 0.0261. The molecule has 6 heteroatoms. The fraction of sp³-hybridized carbons (Fsp3) is 0.725. The molecule has 0 bridgehead atoms. The molecule has 0 spiro atoms. The SMILES string of the molecule is CC/C=C\C/C=C\C/C=C\C/C=C\CCC(=O)OC(COC(=O)CCCCCCC/C=C\CCCC)COC(=O)CCCCCCCCCCCCCCCCCCCC/C=C\C/C=C\C/C=C\CCCCCCC. The monoisotopic (exact) mass is 1040 g/mol. The lowest BCUT2D eigenvalue weighted by Gasteiger charge is -2.18. The third-order valence-corrected chi connectivity index (χ3v) is 13.6. The third kappa shape index (κ3) is 61.1. The Bertz CT molecular complexity index is 1480. The van der Waals surface area contributed by atoms with E-state index in [0.29, 0.717) is 19.3 Å². The van der Waals surface area contributed by atoms with Gasteiger partial charge < -0.3 is 14.2 Å². The number of ether oxygens (including phenoxy) is 3. The predicted octanol–water partition coefficient (Wildman–Crippen LogP) is 21.7. The molecule has 0 amide bonds. The maximum Gasteiger partial charge on any atom is 0.306 e. The van der Waals surface area contributed by atoms with E-state index in [-0.39, 0.29) is 31.6 Å². The normalized spacial score (nSPS) is 12.7. The van der Waals surface area contributed by atoms with Crippen LogP contribution in [0, 0.1) is 0 Å². The molecular weight excluding hydrogens is 925 g/mol. The second-order valence-electron chi connectivity index (χ2n) is 20.9. The Labute approximate surface area is 464 Å². The summed E-state index contributed by atoms with van der Waals surface area (Å²) in [6.07, 6.45) is 84.6. The minimum absolute atomic E-state index is 0.107. The van der Waals surface area contributed by atoms with Gasteiger partial charge in [0.1, 0.15) is 13.2 Å². The standard InChI is InChI=1S/C69H118O6/c1-4-7-10-13-16-19-22-24-25-26-27-28-29-30-31-32-33-34-35-36-37-38-39-40-41-42-43-45-47-50-53-56-59-62-68(71)74-65-66(64-73-67(70)61-58-55-52-49-46-21-18-15-12-9-6-3)75-69(72)63-60-57-54-51-48-44-23-20-17-14-11-8-5-2/h8,11,15,17-18,20,22,24,26-27,29-30,44,48,54,57,66H,4-7,9-10,12-14,16,19,21,23,25,28,31-43,45-47,49-53,55-56,58-65H2,1-3H3/b11-8-,18-15-,20-17-,24-22-,27-26-,30-29-,48-44-,57-54-. The number of rotatable bonds is 57. The van der Waals surface area contributed by atoms with E-state index in [1.54, 1.807) is 0 Å². The summed E-state index contributed by atoms with van der Waals surface area (Å²) >= 11 is 0. The lowest BCUT2D eigenvalue weighted by molar-refractivity contribution is -0.166. The minimum atomic E-state index is -0.817. The number of carbonyl (C=O) groups excluding carboxylic acids is 3. The van der Waals surface area contributed by atoms with Crippen molar-refractivity contribution in [2.75, 3.05) is 13.2 Å². The first kappa shape index (κ1) is 71.3. The molecule has 0 radical (unpaired) electrons. The van der Waals surface area contributed by atoms with E-state index in [2.05, 4.69) is 106 Å². The van der Waals surface area contributed by atoms with Crippen molar-refractivity contribution in [3.05, 3.63) is 97.2 Å². The van der Waals surface area contributed by atoms with Crippen molar-refractivity contribution in [3.63, 3.8) is 0 Å². The topological polar surface area (TPSA) is 78.9 Å². The molecule has 1 atom stereocenters. The summed E-state index contributed by atoms with van der Waals surface area (Å²) in [6, 6.07) is 0. The van der Waals surface area contributed by atoms with Crippen molar-refractivity contribution < 1.29 is 28.6 Å². The van der Waals surface area contributed by atoms with Crippen molar-refractivity contribution in [2.24, 2.45) is 0 Å². The Morgan fingerprint density at radius 1 is 0.280 bits per heavy atom. The lowest BCUT2D eigenvalue weighted by Crippen LogP contribution is -2.30. The average Bonchev–Trinajstić information content (AvgIpc) is 3.41. The molecule has 0 aliphatic carbocycles. The van der Waals surface area contributed by atoms with Crippen LogP contribution in [-0.2, 0) is 28.6 Å². The number of hydrogen-bond acceptors (Lipinski definition) is 6. The number of unbranched alkanes of at least 4 members (excludes halogenated alkanes) is 30. The van der Waals surface area contributed by atoms with Crippen LogP contribution in [0.3, 0.4) is 0 Å². The molecule has 0 aliphatic rings. The van der Waals surface area contributed by atoms with Crippen LogP contribution in [-0.4, -0.2) is 37.2 Å². The van der Waals surface area contributed by atoms with Gasteiger partial charge in [0.15, 0.2) is 6.10 Å². The van der Waals surface area contributed by atoms with Crippen LogP contribution in [0.4, 0.5) is 0 Å². The summed E-state index contributed by atoms with van der Waals surface area (Å²) in [7, 11) is 0. The number of hydrogen-bond donors (Lipinski definition) is 0. The molecular formula is C69H118O6. The van der Waals surface area contributed by atoms with Crippen molar-refractivity contribution in [1.82, 2.24) is 0 Å². The Morgan fingerprint density at radius 3 is 0.920 bits per heavy atom. The highest BCUT2D eigenvalue weighted by Crippen LogP contribution is 2.16. The first-order valence-electron chi connectivity index (χ1n) is 31.7. The van der Waals surface area contributed by atoms with Crippen LogP contribution in [0.2, 0.25) is 0 Å². The molecule has 0 saturated heterocycles. The summed E-state index contributed by atoms with van der Waals surface area (Å²) in [4.78, 5) is 38.1. The number of esters is 3. The maximum atomic E-state index is 12.8. The minimum Gasteiger partial charge on any atom is -0.462 e. The molecule has 0 heterocycles. The van der Waals surface area contributed by atoms with Gasteiger partial charge in [0.2, 0.25) is 0 Å². The molecule has 0 aromatic carbocycles. The largest absolute Gasteiger partial charge is 0.462 e. The van der Waals surface area contributed by atoms with Crippen LogP contribution in [0.1, 0.15) is 303 Å². The summed E-state index contributed by atoms with van der Waals surface area (Å²) < 4.78 is 16.8. The smallest absolute Gasteiger partial charge is 0.306 e. The second-order valence-corrected chi connectivity index (χ2v) is 20.9. The molecule has 0 aromatic rings. The van der Waals surface area contributed by atoms with E-state index < -0.39 is 12.1 Å². The van der Waals surface area contributed by atoms with E-state index in [9.17, 15) is 14.4 Å². The van der Waals surface area contributed by atoms with Gasteiger partial charge in [0, 0.05) is 19.3 Å². The first-order chi connectivity index (χ1) is 37.0. The number of allylic oxidation sites excluding steroid dienone is 16. The van der Waals surface area contributed by atoms with Crippen LogP contribution in [0.15, 0.2) is 97.2 Å². The van der Waals surface area contributed by atoms with E-state index in [1.807, 2.05) is 12.2 Å². The van der Waals surface area contributed by atoms with E-state index in [4.69, 9.17) is 14.2 Å². The fourth-order valence-corrected chi connectivity index (χ4v) is 8.80. The molecule has 0 aromatic heterocycles. The first-order valence-corrected chi connectivity index (χ1v) is 31.7. The average molecular weight is 1040 g/mol. The van der Waals surface area contributed by atoms with E-state index in [1.165, 1.54) is 167 Å². The summed E-state index contributed by atoms with van der Waals surface area (Å²) in [5.41, 5.74) is 0. The van der Waals surface area contributed by atoms with Crippen LogP contribution in [0.5, 0.6) is 0 Å². The molecule has 0 fully saturated rings. The molecule has 0 N–H and O–H groups in total. The Morgan fingerprint density at radius 2 is 0.560 bits per heavy atom. The van der Waals surface area contributed by atoms with Gasteiger partial charge in [-0.2, -0.15) is 0 Å². The second kappa shape index (κ2) is 62.9. The Balaban J connectivity index is 4.11. The van der Waals surface area contributed by atoms with Gasteiger partial charge >= 0.3 is 17.9 Å². The van der Waals surface area contributed by atoms with Gasteiger partial charge in [-0.3, -0.25) is 14.4 Å². The van der Waals surface area contributed by atoms with Gasteiger partial charge in [0.25, 0.3) is 0 Å². The summed E-state index contributed by atoms with van der Waals surface area (Å²) in [5.74, 6) is -0.994. The zero-order valence-corrected chi connectivity index (χ0v) is 49.3. The third-order valence-electron chi connectivity index (χ3n) is 13.6. The zero-order valence-electron chi connectivity index (χ0n) is 49.3. The molecule has 0 aliphatic heterocycles. The Kier molecular flexibility index (Phi) is 59.8. The molecule has 0 rings (SSSR count).